The molecule has 0 amide bonds. The molecule has 7 heteroatoms. The number of nitrogen functional groups attached to an aromatic ring is 1. The molecule has 1 saturated carbocycles. The molecule has 0 spiro atoms. The molecular formula is C12H16Br2N2O2S. The Morgan fingerprint density at radius 2 is 2.00 bits per heavy atom. The Hall–Kier alpha value is -0.110. The van der Waals surface area contributed by atoms with E-state index in [1.807, 2.05) is 0 Å². The fraction of sp³-hybridized carbons (Fsp3) is 0.500. The van der Waals surface area contributed by atoms with Gasteiger partial charge in [-0.1, -0.05) is 29.3 Å². The summed E-state index contributed by atoms with van der Waals surface area (Å²) in [6, 6.07) is 3.26. The van der Waals surface area contributed by atoms with Crippen molar-refractivity contribution in [1.29, 1.82) is 0 Å². The van der Waals surface area contributed by atoms with Crippen LogP contribution in [0.25, 0.3) is 0 Å². The van der Waals surface area contributed by atoms with Crippen LogP contribution in [0.1, 0.15) is 26.2 Å². The number of rotatable bonds is 4. The molecule has 0 aliphatic heterocycles. The molecule has 1 aromatic rings. The minimum Gasteiger partial charge on any atom is -0.398 e. The van der Waals surface area contributed by atoms with Crippen LogP contribution in [0.5, 0.6) is 0 Å². The van der Waals surface area contributed by atoms with Crippen molar-refractivity contribution < 1.29 is 8.42 Å². The molecule has 3 N–H and O–H groups in total. The van der Waals surface area contributed by atoms with Crippen LogP contribution in [0.4, 0.5) is 5.69 Å². The van der Waals surface area contributed by atoms with Crippen molar-refractivity contribution in [2.45, 2.75) is 31.1 Å². The molecular weight excluding hydrogens is 396 g/mol. The summed E-state index contributed by atoms with van der Waals surface area (Å²) in [5.74, 6) is 0. The highest BCUT2D eigenvalue weighted by molar-refractivity contribution is 9.11. The number of anilines is 1. The Kier molecular flexibility index (Phi) is 4.30. The van der Waals surface area contributed by atoms with Gasteiger partial charge in [-0.3, -0.25) is 0 Å². The number of sulfonamides is 1. The first-order chi connectivity index (χ1) is 8.73. The maximum Gasteiger partial charge on any atom is 0.243 e. The predicted octanol–water partition coefficient (Wildman–Crippen LogP) is 3.26. The largest absolute Gasteiger partial charge is 0.398 e. The van der Waals surface area contributed by atoms with E-state index in [0.29, 0.717) is 11.0 Å². The number of nitrogens with two attached hydrogens (primary N) is 1. The van der Waals surface area contributed by atoms with Gasteiger partial charge < -0.3 is 5.73 Å². The van der Waals surface area contributed by atoms with Crippen LogP contribution < -0.4 is 10.5 Å². The van der Waals surface area contributed by atoms with E-state index in [9.17, 15) is 8.42 Å². The summed E-state index contributed by atoms with van der Waals surface area (Å²) in [5.41, 5.74) is 6.13. The molecule has 19 heavy (non-hydrogen) atoms. The Balaban J connectivity index is 2.24. The number of halogens is 2. The second-order valence-electron chi connectivity index (χ2n) is 5.29. The molecule has 0 heterocycles. The average Bonchev–Trinajstić information content (AvgIpc) is 2.22. The first kappa shape index (κ1) is 15.3. The van der Waals surface area contributed by atoms with Gasteiger partial charge >= 0.3 is 0 Å². The van der Waals surface area contributed by atoms with Crippen molar-refractivity contribution in [3.8, 4) is 0 Å². The molecule has 0 saturated heterocycles. The molecule has 0 aromatic heterocycles. The summed E-state index contributed by atoms with van der Waals surface area (Å²) in [5, 5.41) is 0. The van der Waals surface area contributed by atoms with Crippen LogP contribution in [-0.4, -0.2) is 15.0 Å². The van der Waals surface area contributed by atoms with Crippen molar-refractivity contribution >= 4 is 47.6 Å². The Bertz CT molecular complexity index is 575. The topological polar surface area (TPSA) is 72.2 Å². The first-order valence-electron chi connectivity index (χ1n) is 5.98. The van der Waals surface area contributed by atoms with Crippen LogP contribution >= 0.6 is 31.9 Å². The maximum atomic E-state index is 12.3. The minimum atomic E-state index is -3.59. The third kappa shape index (κ3) is 3.32. The van der Waals surface area contributed by atoms with Crippen molar-refractivity contribution in [2.75, 3.05) is 12.3 Å². The predicted molar refractivity (Wildman–Crippen MR) is 83.4 cm³/mol. The van der Waals surface area contributed by atoms with Gasteiger partial charge in [-0.15, -0.1) is 0 Å². The lowest BCUT2D eigenvalue weighted by Gasteiger charge is -2.38. The highest BCUT2D eigenvalue weighted by Gasteiger charge is 2.33. The summed E-state index contributed by atoms with van der Waals surface area (Å²) in [6.07, 6.45) is 3.29. The Morgan fingerprint density at radius 1 is 1.37 bits per heavy atom. The smallest absolute Gasteiger partial charge is 0.243 e. The molecule has 1 aliphatic carbocycles. The van der Waals surface area contributed by atoms with Crippen LogP contribution in [0.15, 0.2) is 26.0 Å². The van der Waals surface area contributed by atoms with E-state index in [4.69, 9.17) is 5.73 Å². The number of hydrogen-bond donors (Lipinski definition) is 2. The summed E-state index contributed by atoms with van der Waals surface area (Å²) < 4.78 is 28.5. The summed E-state index contributed by atoms with van der Waals surface area (Å²) in [4.78, 5) is 0.110. The van der Waals surface area contributed by atoms with E-state index in [2.05, 4.69) is 43.5 Å². The zero-order chi connectivity index (χ0) is 14.3. The monoisotopic (exact) mass is 410 g/mol. The minimum absolute atomic E-state index is 0.0870. The van der Waals surface area contributed by atoms with Crippen LogP contribution in [0, 0.1) is 5.41 Å². The van der Waals surface area contributed by atoms with Crippen LogP contribution in [0.3, 0.4) is 0 Å². The number of nitrogens with one attached hydrogen (secondary N) is 1. The molecule has 1 fully saturated rings. The molecule has 0 radical (unpaired) electrons. The maximum absolute atomic E-state index is 12.3. The number of hydrogen-bond acceptors (Lipinski definition) is 3. The van der Waals surface area contributed by atoms with E-state index in [0.717, 1.165) is 17.3 Å². The van der Waals surface area contributed by atoms with E-state index in [-0.39, 0.29) is 16.0 Å². The standard InChI is InChI=1S/C12H16Br2N2O2S/c1-12(3-2-4-12)7-16-19(17,18)11-9(14)5-8(13)6-10(11)15/h5-6,16H,2-4,7,15H2,1H3. The summed E-state index contributed by atoms with van der Waals surface area (Å²) in [6.45, 7) is 2.55. The lowest BCUT2D eigenvalue weighted by atomic mass is 9.71. The van der Waals surface area contributed by atoms with Gasteiger partial charge in [0.1, 0.15) is 4.90 Å². The second-order valence-corrected chi connectivity index (χ2v) is 8.77. The van der Waals surface area contributed by atoms with Crippen molar-refractivity contribution in [3.63, 3.8) is 0 Å². The fourth-order valence-electron chi connectivity index (χ4n) is 2.16. The van der Waals surface area contributed by atoms with E-state index < -0.39 is 10.0 Å². The van der Waals surface area contributed by atoms with Gasteiger partial charge in [0.05, 0.1) is 5.69 Å². The third-order valence-electron chi connectivity index (χ3n) is 3.56. The second kappa shape index (κ2) is 5.35. The molecule has 0 atom stereocenters. The normalized spacial score (nSPS) is 18.1. The first-order valence-corrected chi connectivity index (χ1v) is 9.05. The van der Waals surface area contributed by atoms with Gasteiger partial charge in [0, 0.05) is 15.5 Å². The molecule has 1 aromatic carbocycles. The number of benzene rings is 1. The van der Waals surface area contributed by atoms with Gasteiger partial charge in [0.15, 0.2) is 0 Å². The van der Waals surface area contributed by atoms with Gasteiger partial charge in [0.25, 0.3) is 0 Å². The summed E-state index contributed by atoms with van der Waals surface area (Å²) >= 11 is 6.54. The van der Waals surface area contributed by atoms with Gasteiger partial charge in [-0.2, -0.15) is 0 Å². The van der Waals surface area contributed by atoms with Gasteiger partial charge in [-0.25, -0.2) is 13.1 Å². The zero-order valence-corrected chi connectivity index (χ0v) is 14.5. The Morgan fingerprint density at radius 3 is 2.47 bits per heavy atom. The molecule has 0 unspecified atom stereocenters. The van der Waals surface area contributed by atoms with E-state index in [1.54, 1.807) is 12.1 Å². The summed E-state index contributed by atoms with van der Waals surface area (Å²) in [7, 11) is -3.59. The highest BCUT2D eigenvalue weighted by Crippen LogP contribution is 2.40. The fourth-order valence-corrected chi connectivity index (χ4v) is 5.43. The quantitative estimate of drug-likeness (QED) is 0.746. The van der Waals surface area contributed by atoms with Crippen LogP contribution in [0.2, 0.25) is 0 Å². The van der Waals surface area contributed by atoms with Crippen molar-refractivity contribution in [2.24, 2.45) is 5.41 Å². The molecule has 0 bridgehead atoms. The molecule has 106 valence electrons. The van der Waals surface area contributed by atoms with Crippen molar-refractivity contribution in [3.05, 3.63) is 21.1 Å². The van der Waals surface area contributed by atoms with Crippen LogP contribution in [-0.2, 0) is 10.0 Å². The third-order valence-corrected chi connectivity index (χ3v) is 6.42. The van der Waals surface area contributed by atoms with E-state index >= 15 is 0 Å². The molecule has 4 nitrogen and oxygen atoms in total. The Labute approximate surface area is 130 Å². The van der Waals surface area contributed by atoms with Crippen molar-refractivity contribution in [1.82, 2.24) is 4.72 Å². The van der Waals surface area contributed by atoms with E-state index in [1.165, 1.54) is 6.42 Å². The molecule has 1 aliphatic rings. The average molecular weight is 412 g/mol. The van der Waals surface area contributed by atoms with Gasteiger partial charge in [0.2, 0.25) is 10.0 Å². The lowest BCUT2D eigenvalue weighted by molar-refractivity contribution is 0.166. The highest BCUT2D eigenvalue weighted by atomic mass is 79.9. The van der Waals surface area contributed by atoms with Gasteiger partial charge in [-0.05, 0) is 46.3 Å². The molecule has 2 rings (SSSR count). The SMILES string of the molecule is CC1(CNS(=O)(=O)c2c(N)cc(Br)cc2Br)CCC1. The zero-order valence-electron chi connectivity index (χ0n) is 10.5. The lowest BCUT2D eigenvalue weighted by Crippen LogP contribution is -2.40.